The van der Waals surface area contributed by atoms with Crippen molar-refractivity contribution in [2.45, 2.75) is 108 Å². The second-order valence-corrected chi connectivity index (χ2v) is 17.4. The van der Waals surface area contributed by atoms with Crippen LogP contribution in [-0.4, -0.2) is 157 Å². The van der Waals surface area contributed by atoms with Crippen LogP contribution in [0.15, 0.2) is 17.1 Å². The van der Waals surface area contributed by atoms with E-state index in [1.165, 1.54) is 84.6 Å². The molecule has 0 saturated carbocycles. The number of phosphoric ester groups is 1. The van der Waals surface area contributed by atoms with Crippen LogP contribution in [0.3, 0.4) is 0 Å². The number of hydrogen-bond donors (Lipinski definition) is 7. The number of ether oxygens (including phenoxy) is 1. The van der Waals surface area contributed by atoms with E-state index in [-0.39, 0.29) is 5.82 Å². The molecule has 1 fully saturated rings. The summed E-state index contributed by atoms with van der Waals surface area (Å²) in [5.74, 6) is -1.30. The third kappa shape index (κ3) is 24.8. The van der Waals surface area contributed by atoms with E-state index < -0.39 is 65.5 Å². The van der Waals surface area contributed by atoms with Crippen LogP contribution in [-0.2, 0) is 36.4 Å². The van der Waals surface area contributed by atoms with Crippen LogP contribution in [0, 0.1) is 5.41 Å². The van der Waals surface area contributed by atoms with Gasteiger partial charge in [-0.15, -0.1) is 0 Å². The topological polar surface area (TPSA) is 306 Å². The van der Waals surface area contributed by atoms with Crippen molar-refractivity contribution in [2.75, 3.05) is 90.9 Å². The Morgan fingerprint density at radius 1 is 0.733 bits per heavy atom. The standard InChI is InChI=1S/C11H19N4O14P3.4C6H15N/c1-11(8(13)17)7(16)5(27-9(11)15-3-2-6(12)14-10(15)18)4-26-31(22,23)29-32(24,25)28-30(19,20)21;4*1-4-7(5-2)6-3/h2-3,5,7,9,16H,4H2,1H3,(H2,13,17)(H,22,23)(H,24,25)(H2,12,14,18)(H2,19,20,21);4*4-6H2,1-3H3/t5-,7-,9-,11+;;;;/m1..../s1. The van der Waals surface area contributed by atoms with Gasteiger partial charge >= 0.3 is 29.2 Å². The number of aromatic nitrogens is 2. The van der Waals surface area contributed by atoms with E-state index in [4.69, 9.17) is 30.9 Å². The maximum atomic E-state index is 12.1. The number of rotatable bonds is 21. The van der Waals surface area contributed by atoms with Crippen LogP contribution < -0.4 is 17.2 Å². The molecule has 0 spiro atoms. The molecule has 9 N–H and O–H groups in total. The van der Waals surface area contributed by atoms with Crippen LogP contribution in [0.4, 0.5) is 5.82 Å². The monoisotopic (exact) mass is 928 g/mol. The molecular formula is C35H79N8O14P3. The van der Waals surface area contributed by atoms with Crippen molar-refractivity contribution < 1.29 is 61.1 Å². The first-order valence-corrected chi connectivity index (χ1v) is 24.9. The predicted molar refractivity (Wildman–Crippen MR) is 234 cm³/mol. The molecule has 2 heterocycles. The first-order chi connectivity index (χ1) is 27.8. The lowest BCUT2D eigenvalue weighted by molar-refractivity contribution is -0.137. The van der Waals surface area contributed by atoms with Gasteiger partial charge in [0.1, 0.15) is 23.4 Å². The molecule has 1 aliphatic heterocycles. The lowest BCUT2D eigenvalue weighted by atomic mass is 9.81. The summed E-state index contributed by atoms with van der Waals surface area (Å²) in [6.45, 7) is 40.5. The van der Waals surface area contributed by atoms with Gasteiger partial charge in [0.2, 0.25) is 5.91 Å². The minimum Gasteiger partial charge on any atom is -0.389 e. The fourth-order valence-corrected chi connectivity index (χ4v) is 8.45. The molecule has 22 nitrogen and oxygen atoms in total. The van der Waals surface area contributed by atoms with Gasteiger partial charge in [-0.25, -0.2) is 18.5 Å². The number of amides is 1. The molecule has 1 aliphatic rings. The zero-order chi connectivity index (χ0) is 47.5. The normalized spacial score (nSPS) is 20.7. The summed E-state index contributed by atoms with van der Waals surface area (Å²) in [5, 5.41) is 10.5. The van der Waals surface area contributed by atoms with Gasteiger partial charge in [0.15, 0.2) is 6.23 Å². The Kier molecular flexibility index (Phi) is 33.4. The van der Waals surface area contributed by atoms with E-state index in [9.17, 15) is 33.3 Å². The largest absolute Gasteiger partial charge is 0.490 e. The molecule has 2 unspecified atom stereocenters. The van der Waals surface area contributed by atoms with Gasteiger partial charge in [0.05, 0.1) is 6.61 Å². The number of aliphatic hydroxyl groups excluding tert-OH is 1. The Bertz CT molecular complexity index is 1420. The molecule has 1 saturated heterocycles. The third-order valence-electron chi connectivity index (χ3n) is 9.60. The van der Waals surface area contributed by atoms with E-state index >= 15 is 0 Å². The summed E-state index contributed by atoms with van der Waals surface area (Å²) < 4.78 is 51.5. The summed E-state index contributed by atoms with van der Waals surface area (Å²) in [7, 11) is -16.9. The number of nitrogens with zero attached hydrogens (tertiary/aromatic N) is 6. The number of nitrogens with two attached hydrogens (primary N) is 2. The van der Waals surface area contributed by atoms with Gasteiger partial charge in [-0.1, -0.05) is 83.1 Å². The lowest BCUT2D eigenvalue weighted by Crippen LogP contribution is -2.49. The Morgan fingerprint density at radius 2 is 1.08 bits per heavy atom. The highest BCUT2D eigenvalue weighted by molar-refractivity contribution is 7.66. The lowest BCUT2D eigenvalue weighted by Gasteiger charge is -2.29. The molecule has 1 aromatic rings. The fourth-order valence-electron chi connectivity index (χ4n) is 5.42. The summed E-state index contributed by atoms with van der Waals surface area (Å²) in [5.41, 5.74) is 7.76. The molecule has 0 radical (unpaired) electrons. The Balaban J connectivity index is -0.000000930. The average Bonchev–Trinajstić information content (AvgIpc) is 3.43. The quantitative estimate of drug-likeness (QED) is 0.0870. The fraction of sp³-hybridized carbons (Fsp3) is 0.857. The maximum Gasteiger partial charge on any atom is 0.490 e. The molecule has 0 bridgehead atoms. The molecule has 0 aliphatic carbocycles. The van der Waals surface area contributed by atoms with Crippen LogP contribution in [0.25, 0.3) is 0 Å². The number of aliphatic hydroxyl groups is 1. The molecule has 358 valence electrons. The molecule has 60 heavy (non-hydrogen) atoms. The summed E-state index contributed by atoms with van der Waals surface area (Å²) in [4.78, 5) is 72.8. The van der Waals surface area contributed by atoms with Gasteiger partial charge in [-0.05, 0) is 91.5 Å². The van der Waals surface area contributed by atoms with Crippen LogP contribution in [0.2, 0.25) is 0 Å². The summed E-state index contributed by atoms with van der Waals surface area (Å²) >= 11 is 0. The number of hydrogen-bond acceptors (Lipinski definition) is 16. The smallest absolute Gasteiger partial charge is 0.389 e. The van der Waals surface area contributed by atoms with Crippen molar-refractivity contribution in [3.05, 3.63) is 22.7 Å². The zero-order valence-electron chi connectivity index (χ0n) is 38.2. The Morgan fingerprint density at radius 3 is 1.35 bits per heavy atom. The van der Waals surface area contributed by atoms with Crippen LogP contribution >= 0.6 is 23.5 Å². The molecule has 6 atom stereocenters. The van der Waals surface area contributed by atoms with Gasteiger partial charge < -0.3 is 60.5 Å². The number of phosphoric acid groups is 3. The van der Waals surface area contributed by atoms with Crippen molar-refractivity contribution in [1.29, 1.82) is 0 Å². The van der Waals surface area contributed by atoms with E-state index in [1.807, 2.05) is 0 Å². The summed E-state index contributed by atoms with van der Waals surface area (Å²) in [6, 6.07) is 1.18. The highest BCUT2D eigenvalue weighted by atomic mass is 31.3. The number of anilines is 1. The molecule has 2 rings (SSSR count). The maximum absolute atomic E-state index is 12.1. The van der Waals surface area contributed by atoms with Gasteiger partial charge in [-0.2, -0.15) is 13.6 Å². The zero-order valence-corrected chi connectivity index (χ0v) is 40.9. The average molecular weight is 929 g/mol. The Hall–Kier alpha value is -1.68. The summed E-state index contributed by atoms with van der Waals surface area (Å²) in [6.07, 6.45) is -3.97. The minimum absolute atomic E-state index is 0.158. The highest BCUT2D eigenvalue weighted by Gasteiger charge is 2.58. The highest BCUT2D eigenvalue weighted by Crippen LogP contribution is 2.66. The number of nitrogen functional groups attached to an aromatic ring is 1. The number of carbonyl (C=O) groups excluding carboxylic acids is 1. The van der Waals surface area contributed by atoms with E-state index in [0.717, 1.165) is 17.7 Å². The second kappa shape index (κ2) is 32.0. The Labute approximate surface area is 358 Å². The van der Waals surface area contributed by atoms with Crippen LogP contribution in [0.1, 0.15) is 96.2 Å². The third-order valence-corrected chi connectivity index (χ3v) is 13.4. The van der Waals surface area contributed by atoms with E-state index in [2.05, 4.69) is 121 Å². The van der Waals surface area contributed by atoms with E-state index in [1.54, 1.807) is 0 Å². The molecular weight excluding hydrogens is 849 g/mol. The molecule has 0 aromatic carbocycles. The molecule has 1 aromatic heterocycles. The van der Waals surface area contributed by atoms with Crippen molar-refractivity contribution in [1.82, 2.24) is 29.2 Å². The van der Waals surface area contributed by atoms with Crippen molar-refractivity contribution in [3.63, 3.8) is 0 Å². The molecule has 1 amide bonds. The predicted octanol–water partition coefficient (Wildman–Crippen LogP) is 3.31. The van der Waals surface area contributed by atoms with Crippen molar-refractivity contribution >= 4 is 35.2 Å². The number of carbonyl (C=O) groups is 1. The number of primary amides is 1. The van der Waals surface area contributed by atoms with Gasteiger partial charge in [0.25, 0.3) is 0 Å². The van der Waals surface area contributed by atoms with Gasteiger partial charge in [-0.3, -0.25) is 13.9 Å². The first kappa shape index (κ1) is 62.6. The SMILES string of the molecule is CCN(CC)CC.CCN(CC)CC.CCN(CC)CC.CCN(CC)CC.C[C@@]1(C(N)=O)[C@H](O)[C@@H](COP(=O)(O)OP(=O)(O)OP(=O)(O)O)O[C@H]1n1ccc(N)nc1=O. The van der Waals surface area contributed by atoms with E-state index in [0.29, 0.717) is 0 Å². The van der Waals surface area contributed by atoms with Crippen molar-refractivity contribution in [3.8, 4) is 0 Å². The first-order valence-electron chi connectivity index (χ1n) is 20.4. The second-order valence-electron chi connectivity index (χ2n) is 13.0. The molecule has 25 heteroatoms. The van der Waals surface area contributed by atoms with Crippen molar-refractivity contribution in [2.24, 2.45) is 11.1 Å². The van der Waals surface area contributed by atoms with Gasteiger partial charge in [0, 0.05) is 6.20 Å². The van der Waals surface area contributed by atoms with Crippen LogP contribution in [0.5, 0.6) is 0 Å². The minimum atomic E-state index is -5.77.